The van der Waals surface area contributed by atoms with Crippen molar-refractivity contribution in [3.05, 3.63) is 132 Å². The van der Waals surface area contributed by atoms with Gasteiger partial charge in [-0.3, -0.25) is 0 Å². The fourth-order valence-corrected chi connectivity index (χ4v) is 4.00. The zero-order valence-corrected chi connectivity index (χ0v) is 18.9. The predicted octanol–water partition coefficient (Wildman–Crippen LogP) is 6.92. The number of fused-ring (bicyclic) bond motifs is 6. The first-order valence-electron chi connectivity index (χ1n) is 9.56. The van der Waals surface area contributed by atoms with E-state index in [2.05, 4.69) is 98.1 Å². The van der Waals surface area contributed by atoms with Crippen LogP contribution in [0.25, 0.3) is 22.3 Å². The monoisotopic (exact) mass is 448 g/mol. The summed E-state index contributed by atoms with van der Waals surface area (Å²) in [7, 11) is 0. The van der Waals surface area contributed by atoms with Crippen molar-refractivity contribution in [2.45, 2.75) is 12.8 Å². The van der Waals surface area contributed by atoms with Crippen molar-refractivity contribution in [3.63, 3.8) is 0 Å². The van der Waals surface area contributed by atoms with Crippen LogP contribution in [-0.2, 0) is 39.0 Å². The zero-order valence-electron chi connectivity index (χ0n) is 16.4. The minimum Gasteiger partial charge on any atom is -0.179 e. The van der Waals surface area contributed by atoms with E-state index in [4.69, 9.17) is 0 Å². The molecule has 1 heteroatoms. The molecule has 4 aromatic rings. The van der Waals surface area contributed by atoms with Crippen molar-refractivity contribution in [2.75, 3.05) is 0 Å². The molecule has 0 saturated carbocycles. The molecule has 4 aromatic carbocycles. The van der Waals surface area contributed by atoms with Crippen LogP contribution in [0.2, 0.25) is 0 Å². The van der Waals surface area contributed by atoms with Gasteiger partial charge in [0.05, 0.1) is 0 Å². The molecule has 0 fully saturated rings. The van der Waals surface area contributed by atoms with E-state index in [1.165, 1.54) is 44.5 Å². The smallest absolute Gasteiger partial charge is 0.179 e. The van der Waals surface area contributed by atoms with Crippen LogP contribution >= 0.6 is 0 Å². The summed E-state index contributed by atoms with van der Waals surface area (Å²) in [6, 6.07) is 36.2. The largest absolute Gasteiger partial charge is 2.00 e. The van der Waals surface area contributed by atoms with Crippen molar-refractivity contribution in [1.82, 2.24) is 0 Å². The summed E-state index contributed by atoms with van der Waals surface area (Å²) < 4.78 is 0. The molecule has 0 aliphatic heterocycles. The van der Waals surface area contributed by atoms with Gasteiger partial charge in [-0.25, -0.2) is 0 Å². The zero-order chi connectivity index (χ0) is 19.3. The first-order valence-corrected chi connectivity index (χ1v) is 9.56. The van der Waals surface area contributed by atoms with Gasteiger partial charge in [-0.05, 0) is 12.8 Å². The second kappa shape index (κ2) is 9.81. The third-order valence-electron chi connectivity index (χ3n) is 5.23. The van der Waals surface area contributed by atoms with Gasteiger partial charge in [-0.2, -0.15) is 59.7 Å². The molecule has 0 aromatic heterocycles. The Kier molecular flexibility index (Phi) is 7.18. The summed E-state index contributed by atoms with van der Waals surface area (Å²) in [6.07, 6.45) is 2.10. The predicted molar refractivity (Wildman–Crippen MR) is 118 cm³/mol. The molecular formula is C28H22Zr. The molecule has 0 amide bonds. The molecule has 0 spiro atoms. The third-order valence-corrected chi connectivity index (χ3v) is 5.23. The maximum Gasteiger partial charge on any atom is 2.00 e. The van der Waals surface area contributed by atoms with Gasteiger partial charge in [0, 0.05) is 0 Å². The molecule has 6 rings (SSSR count). The molecule has 2 aliphatic rings. The molecule has 0 bridgehead atoms. The number of benzene rings is 4. The normalized spacial score (nSPS) is 11.2. The van der Waals surface area contributed by atoms with E-state index in [9.17, 15) is 0 Å². The molecule has 0 atom stereocenters. The van der Waals surface area contributed by atoms with Crippen LogP contribution < -0.4 is 0 Å². The average molecular weight is 450 g/mol. The molecule has 0 heterocycles. The van der Waals surface area contributed by atoms with E-state index in [-0.39, 0.29) is 26.2 Å². The first-order chi connectivity index (χ1) is 13.9. The van der Waals surface area contributed by atoms with Crippen LogP contribution in [0.5, 0.6) is 0 Å². The van der Waals surface area contributed by atoms with Crippen molar-refractivity contribution >= 4 is 0 Å². The van der Waals surface area contributed by atoms with E-state index < -0.39 is 0 Å². The molecule has 138 valence electrons. The van der Waals surface area contributed by atoms with E-state index >= 15 is 0 Å². The van der Waals surface area contributed by atoms with Crippen molar-refractivity contribution in [2.24, 2.45) is 0 Å². The summed E-state index contributed by atoms with van der Waals surface area (Å²) >= 11 is 0. The van der Waals surface area contributed by atoms with Crippen LogP contribution in [0.3, 0.4) is 0 Å². The molecule has 29 heavy (non-hydrogen) atoms. The number of hydrogen-bond donors (Lipinski definition) is 0. The van der Waals surface area contributed by atoms with Crippen LogP contribution in [-0.4, -0.2) is 0 Å². The van der Waals surface area contributed by atoms with E-state index in [1.807, 2.05) is 12.1 Å². The molecular weight excluding hydrogens is 428 g/mol. The Hall–Kier alpha value is -2.50. The van der Waals surface area contributed by atoms with Gasteiger partial charge in [0.25, 0.3) is 0 Å². The van der Waals surface area contributed by atoms with E-state index in [0.717, 1.165) is 12.8 Å². The summed E-state index contributed by atoms with van der Waals surface area (Å²) in [6.45, 7) is 6.00. The minimum atomic E-state index is 0. The maximum absolute atomic E-state index is 3.30. The van der Waals surface area contributed by atoms with Gasteiger partial charge in [-0.1, -0.05) is 70.8 Å². The molecule has 0 N–H and O–H groups in total. The Balaban J connectivity index is 0.000000148. The van der Waals surface area contributed by atoms with Crippen LogP contribution in [0.4, 0.5) is 0 Å². The Labute approximate surface area is 193 Å². The molecule has 0 nitrogen and oxygen atoms in total. The summed E-state index contributed by atoms with van der Waals surface area (Å²) in [4.78, 5) is 0. The van der Waals surface area contributed by atoms with Gasteiger partial charge in [0.2, 0.25) is 0 Å². The van der Waals surface area contributed by atoms with E-state index in [1.54, 1.807) is 0 Å². The quantitative estimate of drug-likeness (QED) is 0.174. The van der Waals surface area contributed by atoms with Gasteiger partial charge in [0.15, 0.2) is 0 Å². The summed E-state index contributed by atoms with van der Waals surface area (Å²) in [5.74, 6) is 0. The fourth-order valence-electron chi connectivity index (χ4n) is 4.00. The van der Waals surface area contributed by atoms with Gasteiger partial charge in [-0.15, -0.1) is 24.3 Å². The van der Waals surface area contributed by atoms with E-state index in [0.29, 0.717) is 0 Å². The van der Waals surface area contributed by atoms with Crippen molar-refractivity contribution in [1.29, 1.82) is 0 Å². The Morgan fingerprint density at radius 1 is 0.517 bits per heavy atom. The average Bonchev–Trinajstić information content (AvgIpc) is 3.34. The number of rotatable bonds is 0. The van der Waals surface area contributed by atoms with Crippen LogP contribution in [0, 0.1) is 12.1 Å². The molecule has 0 saturated heterocycles. The summed E-state index contributed by atoms with van der Waals surface area (Å²) in [5.41, 5.74) is 11.0. The topological polar surface area (TPSA) is 0 Å². The standard InChI is InChI=1S/2C13H9.C2H4.Zr/c2*1-3-7-12-10(5-1)9-11-6-2-4-8-13(11)12;1-2;/h2*1-5,7-8H,9H2;1-2H2;/q2*-1;;+2. The first kappa shape index (κ1) is 21.2. The van der Waals surface area contributed by atoms with Crippen LogP contribution in [0.1, 0.15) is 22.3 Å². The number of hydrogen-bond acceptors (Lipinski definition) is 0. The van der Waals surface area contributed by atoms with Crippen molar-refractivity contribution < 1.29 is 26.2 Å². The summed E-state index contributed by atoms with van der Waals surface area (Å²) in [5, 5.41) is 0. The Bertz CT molecular complexity index is 934. The SMILES string of the molecule is C=C.[Zr+2].[c-]1cccc2c1Cc1ccccc1-2.[c-]1cccc2c1Cc1ccccc1-2. The van der Waals surface area contributed by atoms with Crippen LogP contribution in [0.15, 0.2) is 98.1 Å². The molecule has 2 aliphatic carbocycles. The second-order valence-corrected chi connectivity index (χ2v) is 6.79. The maximum atomic E-state index is 3.30. The van der Waals surface area contributed by atoms with Gasteiger partial charge >= 0.3 is 26.2 Å². The second-order valence-electron chi connectivity index (χ2n) is 6.79. The Morgan fingerprint density at radius 3 is 1.34 bits per heavy atom. The van der Waals surface area contributed by atoms with Gasteiger partial charge < -0.3 is 0 Å². The minimum absolute atomic E-state index is 0. The van der Waals surface area contributed by atoms with Gasteiger partial charge in [0.1, 0.15) is 0 Å². The van der Waals surface area contributed by atoms with Crippen molar-refractivity contribution in [3.8, 4) is 22.3 Å². The third kappa shape index (κ3) is 4.26. The molecule has 0 radical (unpaired) electrons. The fraction of sp³-hybridized carbons (Fsp3) is 0.0714. The molecule has 0 unspecified atom stereocenters. The Morgan fingerprint density at radius 2 is 0.897 bits per heavy atom.